The standard InChI is InChI=1S/C12H7FN4O4/c13-6-1-2-8(7(3-6)11(18)19)21-10-4-9-15-16-12(20)17(9)5-14-10/h1-5H,(H,16,20)(H,18,19). The number of aromatic carboxylic acids is 1. The van der Waals surface area contributed by atoms with Crippen molar-refractivity contribution in [1.82, 2.24) is 19.6 Å². The number of carboxylic acids is 1. The average molecular weight is 290 g/mol. The molecule has 3 rings (SSSR count). The van der Waals surface area contributed by atoms with Crippen molar-refractivity contribution in [3.8, 4) is 11.6 Å². The molecule has 0 atom stereocenters. The van der Waals surface area contributed by atoms with Gasteiger partial charge in [-0.1, -0.05) is 0 Å². The van der Waals surface area contributed by atoms with E-state index in [1.165, 1.54) is 18.5 Å². The average Bonchev–Trinajstić information content (AvgIpc) is 2.82. The highest BCUT2D eigenvalue weighted by atomic mass is 19.1. The highest BCUT2D eigenvalue weighted by Crippen LogP contribution is 2.25. The largest absolute Gasteiger partial charge is 0.478 e. The minimum Gasteiger partial charge on any atom is -0.478 e. The van der Waals surface area contributed by atoms with Crippen LogP contribution in [0.2, 0.25) is 0 Å². The zero-order chi connectivity index (χ0) is 15.0. The Morgan fingerprint density at radius 1 is 1.38 bits per heavy atom. The minimum atomic E-state index is -1.33. The van der Waals surface area contributed by atoms with Gasteiger partial charge in [-0.05, 0) is 18.2 Å². The van der Waals surface area contributed by atoms with Gasteiger partial charge in [0, 0.05) is 6.07 Å². The van der Waals surface area contributed by atoms with E-state index in [4.69, 9.17) is 9.84 Å². The zero-order valence-electron chi connectivity index (χ0n) is 10.3. The van der Waals surface area contributed by atoms with Crippen molar-refractivity contribution in [3.63, 3.8) is 0 Å². The van der Waals surface area contributed by atoms with Crippen LogP contribution in [0, 0.1) is 5.82 Å². The monoisotopic (exact) mass is 290 g/mol. The van der Waals surface area contributed by atoms with Crippen molar-refractivity contribution < 1.29 is 19.0 Å². The first-order chi connectivity index (χ1) is 10.0. The lowest BCUT2D eigenvalue weighted by Gasteiger charge is -2.07. The van der Waals surface area contributed by atoms with Crippen LogP contribution in [0.15, 0.2) is 35.4 Å². The van der Waals surface area contributed by atoms with Gasteiger partial charge in [0.15, 0.2) is 5.65 Å². The molecule has 0 unspecified atom stereocenters. The van der Waals surface area contributed by atoms with Crippen molar-refractivity contribution in [2.24, 2.45) is 0 Å². The van der Waals surface area contributed by atoms with Gasteiger partial charge in [0.1, 0.15) is 23.5 Å². The van der Waals surface area contributed by atoms with Crippen molar-refractivity contribution in [3.05, 3.63) is 52.5 Å². The molecule has 2 heterocycles. The molecule has 3 aromatic rings. The quantitative estimate of drug-likeness (QED) is 0.746. The maximum absolute atomic E-state index is 13.1. The van der Waals surface area contributed by atoms with E-state index in [9.17, 15) is 14.0 Å². The third-order valence-corrected chi connectivity index (χ3v) is 2.67. The number of aromatic amines is 1. The van der Waals surface area contributed by atoms with Crippen molar-refractivity contribution in [1.29, 1.82) is 0 Å². The lowest BCUT2D eigenvalue weighted by Crippen LogP contribution is -2.09. The Morgan fingerprint density at radius 2 is 2.19 bits per heavy atom. The fourth-order valence-corrected chi connectivity index (χ4v) is 1.72. The Kier molecular flexibility index (Phi) is 2.87. The predicted octanol–water partition coefficient (Wildman–Crippen LogP) is 1.05. The summed E-state index contributed by atoms with van der Waals surface area (Å²) in [4.78, 5) is 26.2. The third-order valence-electron chi connectivity index (χ3n) is 2.67. The first kappa shape index (κ1) is 12.8. The summed E-state index contributed by atoms with van der Waals surface area (Å²) in [6.45, 7) is 0. The van der Waals surface area contributed by atoms with Gasteiger partial charge in [0.05, 0.1) is 0 Å². The van der Waals surface area contributed by atoms with Crippen molar-refractivity contribution >= 4 is 11.6 Å². The second kappa shape index (κ2) is 4.71. The number of nitrogens with zero attached hydrogens (tertiary/aromatic N) is 3. The second-order valence-corrected chi connectivity index (χ2v) is 4.03. The van der Waals surface area contributed by atoms with Gasteiger partial charge in [-0.25, -0.2) is 28.5 Å². The number of aromatic nitrogens is 4. The maximum atomic E-state index is 13.1. The number of carbonyl (C=O) groups is 1. The zero-order valence-corrected chi connectivity index (χ0v) is 10.3. The molecule has 0 aliphatic heterocycles. The second-order valence-electron chi connectivity index (χ2n) is 4.03. The SMILES string of the molecule is O=C(O)c1cc(F)ccc1Oc1cc2n[nH]c(=O)n2cn1. The summed E-state index contributed by atoms with van der Waals surface area (Å²) in [6, 6.07) is 4.43. The van der Waals surface area contributed by atoms with E-state index in [-0.39, 0.29) is 22.8 Å². The number of H-pyrrole nitrogens is 1. The summed E-state index contributed by atoms with van der Waals surface area (Å²) in [5.41, 5.74) is -0.544. The van der Waals surface area contributed by atoms with E-state index in [1.54, 1.807) is 0 Å². The highest BCUT2D eigenvalue weighted by Gasteiger charge is 2.14. The van der Waals surface area contributed by atoms with Crippen LogP contribution in [0.4, 0.5) is 4.39 Å². The first-order valence-corrected chi connectivity index (χ1v) is 5.68. The van der Waals surface area contributed by atoms with Gasteiger partial charge < -0.3 is 9.84 Å². The van der Waals surface area contributed by atoms with E-state index in [2.05, 4.69) is 15.2 Å². The van der Waals surface area contributed by atoms with Gasteiger partial charge in [-0.15, -0.1) is 0 Å². The number of benzene rings is 1. The number of halogens is 1. The fourth-order valence-electron chi connectivity index (χ4n) is 1.72. The van der Waals surface area contributed by atoms with Crippen LogP contribution in [-0.4, -0.2) is 30.7 Å². The predicted molar refractivity (Wildman–Crippen MR) is 67.0 cm³/mol. The molecule has 1 aromatic carbocycles. The molecule has 21 heavy (non-hydrogen) atoms. The number of hydrogen-bond acceptors (Lipinski definition) is 5. The topological polar surface area (TPSA) is 110 Å². The Morgan fingerprint density at radius 3 is 2.95 bits per heavy atom. The molecule has 2 N–H and O–H groups in total. The summed E-state index contributed by atoms with van der Waals surface area (Å²) in [7, 11) is 0. The number of ether oxygens (including phenoxy) is 1. The molecule has 9 heteroatoms. The van der Waals surface area contributed by atoms with Gasteiger partial charge in [-0.3, -0.25) is 0 Å². The Balaban J connectivity index is 2.02. The van der Waals surface area contributed by atoms with Gasteiger partial charge in [0.2, 0.25) is 5.88 Å². The van der Waals surface area contributed by atoms with Crippen molar-refractivity contribution in [2.75, 3.05) is 0 Å². The van der Waals surface area contributed by atoms with E-state index < -0.39 is 17.5 Å². The maximum Gasteiger partial charge on any atom is 0.348 e. The van der Waals surface area contributed by atoms with Gasteiger partial charge in [0.25, 0.3) is 0 Å². The number of fused-ring (bicyclic) bond motifs is 1. The molecular formula is C12H7FN4O4. The van der Waals surface area contributed by atoms with E-state index in [0.29, 0.717) is 0 Å². The van der Waals surface area contributed by atoms with Crippen LogP contribution in [0.1, 0.15) is 10.4 Å². The number of nitrogens with one attached hydrogen (secondary N) is 1. The minimum absolute atomic E-state index is 0.0237. The lowest BCUT2D eigenvalue weighted by atomic mass is 10.2. The first-order valence-electron chi connectivity index (χ1n) is 5.68. The van der Waals surface area contributed by atoms with E-state index in [1.807, 2.05) is 0 Å². The summed E-state index contributed by atoms with van der Waals surface area (Å²) >= 11 is 0. The van der Waals surface area contributed by atoms with E-state index >= 15 is 0 Å². The molecule has 0 aliphatic rings. The van der Waals surface area contributed by atoms with Gasteiger partial charge in [-0.2, -0.15) is 5.10 Å². The molecular weight excluding hydrogens is 283 g/mol. The van der Waals surface area contributed by atoms with E-state index in [0.717, 1.165) is 16.5 Å². The van der Waals surface area contributed by atoms with Crippen LogP contribution >= 0.6 is 0 Å². The van der Waals surface area contributed by atoms with Crippen molar-refractivity contribution in [2.45, 2.75) is 0 Å². The molecule has 0 saturated carbocycles. The molecule has 0 amide bonds. The number of carboxylic acid groups (broad SMARTS) is 1. The molecule has 2 aromatic heterocycles. The summed E-state index contributed by atoms with van der Waals surface area (Å²) in [5, 5.41) is 15.0. The Hall–Kier alpha value is -3.23. The molecule has 106 valence electrons. The molecule has 0 bridgehead atoms. The van der Waals surface area contributed by atoms with Crippen LogP contribution in [0.3, 0.4) is 0 Å². The Labute approximate surface area is 115 Å². The van der Waals surface area contributed by atoms with Gasteiger partial charge >= 0.3 is 11.7 Å². The summed E-state index contributed by atoms with van der Waals surface area (Å²) in [6.07, 6.45) is 1.18. The molecule has 0 radical (unpaired) electrons. The molecule has 0 saturated heterocycles. The molecule has 0 fully saturated rings. The van der Waals surface area contributed by atoms with Crippen LogP contribution < -0.4 is 10.4 Å². The van der Waals surface area contributed by atoms with Crippen LogP contribution in [0.5, 0.6) is 11.6 Å². The smallest absolute Gasteiger partial charge is 0.348 e. The summed E-state index contributed by atoms with van der Waals surface area (Å²) < 4.78 is 19.5. The van der Waals surface area contributed by atoms with Crippen LogP contribution in [-0.2, 0) is 0 Å². The third kappa shape index (κ3) is 2.31. The summed E-state index contributed by atoms with van der Waals surface area (Å²) in [5.74, 6) is -2.07. The number of hydrogen-bond donors (Lipinski definition) is 2. The molecule has 0 spiro atoms. The Bertz CT molecular complexity index is 902. The van der Waals surface area contributed by atoms with Crippen LogP contribution in [0.25, 0.3) is 5.65 Å². The fraction of sp³-hybridized carbons (Fsp3) is 0. The highest BCUT2D eigenvalue weighted by molar-refractivity contribution is 5.91. The number of rotatable bonds is 3. The lowest BCUT2D eigenvalue weighted by molar-refractivity contribution is 0.0693. The normalized spacial score (nSPS) is 10.7. The molecule has 8 nitrogen and oxygen atoms in total. The molecule has 0 aliphatic carbocycles.